The van der Waals surface area contributed by atoms with Crippen LogP contribution in [0.15, 0.2) is 43.1 Å². The molecule has 0 fully saturated rings. The smallest absolute Gasteiger partial charge is 0.106 e. The number of quaternary nitrogens is 1. The Morgan fingerprint density at radius 3 is 2.82 bits per heavy atom. The van der Waals surface area contributed by atoms with E-state index in [0.717, 1.165) is 24.1 Å². The Hall–Kier alpha value is -2.84. The summed E-state index contributed by atoms with van der Waals surface area (Å²) in [5.74, 6) is 0. The highest BCUT2D eigenvalue weighted by Gasteiger charge is 2.10. The third-order valence-electron chi connectivity index (χ3n) is 4.37. The molecule has 0 aromatic carbocycles. The zero-order valence-corrected chi connectivity index (χ0v) is 16.7. The number of aliphatic hydroxyl groups is 1. The van der Waals surface area contributed by atoms with Crippen molar-refractivity contribution in [3.8, 4) is 11.3 Å². The number of hydrogen-bond acceptors (Lipinski definition) is 5. The molecule has 0 aliphatic carbocycles. The second kappa shape index (κ2) is 11.1. The Labute approximate surface area is 165 Å². The zero-order chi connectivity index (χ0) is 20.4. The second-order valence-corrected chi connectivity index (χ2v) is 6.56. The molecular formula is C20H30N7O+. The highest BCUT2D eigenvalue weighted by atomic mass is 16.3. The van der Waals surface area contributed by atoms with Crippen LogP contribution in [0.5, 0.6) is 0 Å². The molecule has 5 N–H and O–H groups in total. The van der Waals surface area contributed by atoms with E-state index in [1.54, 1.807) is 25.5 Å². The first-order chi connectivity index (χ1) is 13.6. The predicted octanol–water partition coefficient (Wildman–Crippen LogP) is 2.09. The van der Waals surface area contributed by atoms with Gasteiger partial charge < -0.3 is 15.8 Å². The molecule has 28 heavy (non-hydrogen) atoms. The molecule has 0 amide bonds. The minimum Gasteiger partial charge on any atom is -0.388 e. The minimum absolute atomic E-state index is 0.361. The van der Waals surface area contributed by atoms with Gasteiger partial charge in [0, 0.05) is 24.2 Å². The lowest BCUT2D eigenvalue weighted by molar-refractivity contribution is -0.594. The molecule has 0 saturated heterocycles. The third kappa shape index (κ3) is 6.11. The molecule has 0 aliphatic heterocycles. The first-order valence-electron chi connectivity index (χ1n) is 9.60. The largest absolute Gasteiger partial charge is 0.388 e. The van der Waals surface area contributed by atoms with Gasteiger partial charge in [0.05, 0.1) is 35.4 Å². The van der Waals surface area contributed by atoms with Gasteiger partial charge in [0.2, 0.25) is 0 Å². The van der Waals surface area contributed by atoms with Gasteiger partial charge in [-0.15, -0.1) is 0 Å². The summed E-state index contributed by atoms with van der Waals surface area (Å²) in [6.45, 7) is 6.54. The predicted molar refractivity (Wildman–Crippen MR) is 110 cm³/mol. The van der Waals surface area contributed by atoms with Crippen LogP contribution in [0.4, 0.5) is 0 Å². The highest BCUT2D eigenvalue weighted by Crippen LogP contribution is 2.21. The number of allylic oxidation sites excluding steroid dienone is 1. The first kappa shape index (κ1) is 21.5. The van der Waals surface area contributed by atoms with E-state index in [0.29, 0.717) is 23.9 Å². The van der Waals surface area contributed by atoms with Gasteiger partial charge in [0.25, 0.3) is 0 Å². The van der Waals surface area contributed by atoms with Crippen LogP contribution >= 0.6 is 0 Å². The molecule has 0 saturated carbocycles. The summed E-state index contributed by atoms with van der Waals surface area (Å²) in [6, 6.07) is 4.08. The van der Waals surface area contributed by atoms with Crippen molar-refractivity contribution in [1.82, 2.24) is 25.0 Å². The quantitative estimate of drug-likeness (QED) is 0.495. The average Bonchev–Trinajstić information content (AvgIpc) is 3.19. The molecule has 1 unspecified atom stereocenters. The van der Waals surface area contributed by atoms with Gasteiger partial charge in [-0.1, -0.05) is 13.8 Å². The van der Waals surface area contributed by atoms with Crippen LogP contribution in [0.25, 0.3) is 16.8 Å². The lowest BCUT2D eigenvalue weighted by Gasteiger charge is -2.12. The van der Waals surface area contributed by atoms with Crippen molar-refractivity contribution in [2.24, 2.45) is 0 Å². The number of aromatic amines is 1. The fourth-order valence-corrected chi connectivity index (χ4v) is 2.75. The summed E-state index contributed by atoms with van der Waals surface area (Å²) in [4.78, 5) is 4.74. The van der Waals surface area contributed by atoms with Gasteiger partial charge in [-0.25, -0.2) is 4.98 Å². The van der Waals surface area contributed by atoms with E-state index in [2.05, 4.69) is 29.1 Å². The highest BCUT2D eigenvalue weighted by molar-refractivity contribution is 6.06. The number of nitrogens with one attached hydrogen (secondary N) is 2. The van der Waals surface area contributed by atoms with E-state index in [4.69, 9.17) is 10.4 Å². The molecule has 150 valence electrons. The second-order valence-electron chi connectivity index (χ2n) is 6.56. The molecule has 2 aromatic rings. The Kier molecular flexibility index (Phi) is 8.51. The number of aromatic nitrogens is 5. The fraction of sp³-hybridized carbons (Fsp3) is 0.400. The normalized spacial score (nSPS) is 12.7. The Balaban J connectivity index is 2.47. The average molecular weight is 385 g/mol. The number of hydrogen-bond donors (Lipinski definition) is 4. The van der Waals surface area contributed by atoms with Crippen LogP contribution in [0.2, 0.25) is 0 Å². The van der Waals surface area contributed by atoms with Crippen LogP contribution in [-0.2, 0) is 0 Å². The monoisotopic (exact) mass is 384 g/mol. The van der Waals surface area contributed by atoms with Crippen LogP contribution in [-0.4, -0.2) is 48.9 Å². The van der Waals surface area contributed by atoms with Crippen molar-refractivity contribution in [2.75, 3.05) is 6.54 Å². The molecule has 0 bridgehead atoms. The Morgan fingerprint density at radius 2 is 2.14 bits per heavy atom. The topological polar surface area (TPSA) is 120 Å². The summed E-state index contributed by atoms with van der Waals surface area (Å²) in [6.07, 6.45) is 11.7. The zero-order valence-electron chi connectivity index (χ0n) is 16.7. The maximum atomic E-state index is 9.44. The van der Waals surface area contributed by atoms with Crippen molar-refractivity contribution in [1.29, 1.82) is 5.41 Å². The van der Waals surface area contributed by atoms with Crippen LogP contribution in [0.3, 0.4) is 0 Å². The van der Waals surface area contributed by atoms with Gasteiger partial charge in [-0.2, -0.15) is 10.2 Å². The van der Waals surface area contributed by atoms with Crippen molar-refractivity contribution >= 4 is 11.8 Å². The Bertz CT molecular complexity index is 832. The fourth-order valence-electron chi connectivity index (χ4n) is 2.75. The lowest BCUT2D eigenvalue weighted by Crippen LogP contribution is -2.80. The summed E-state index contributed by atoms with van der Waals surface area (Å²) in [5, 5.41) is 30.5. The summed E-state index contributed by atoms with van der Waals surface area (Å²) in [7, 11) is 0. The molecule has 8 heteroatoms. The van der Waals surface area contributed by atoms with Gasteiger partial charge in [0.15, 0.2) is 0 Å². The molecule has 0 radical (unpaired) electrons. The number of nitrogens with two attached hydrogens (primary N) is 1. The van der Waals surface area contributed by atoms with E-state index in [-0.39, 0.29) is 0 Å². The lowest BCUT2D eigenvalue weighted by atomic mass is 10.2. The van der Waals surface area contributed by atoms with Gasteiger partial charge >= 0.3 is 0 Å². The summed E-state index contributed by atoms with van der Waals surface area (Å²) >= 11 is 0. The molecule has 8 nitrogen and oxygen atoms in total. The molecule has 2 aromatic heterocycles. The number of H-pyrrole nitrogens is 1. The molecular weight excluding hydrogens is 354 g/mol. The summed E-state index contributed by atoms with van der Waals surface area (Å²) in [5.41, 5.74) is 2.80. The summed E-state index contributed by atoms with van der Waals surface area (Å²) < 4.78 is 1.98. The third-order valence-corrected chi connectivity index (χ3v) is 4.37. The molecule has 0 aliphatic rings. The minimum atomic E-state index is -0.434. The van der Waals surface area contributed by atoms with Gasteiger partial charge in [0.1, 0.15) is 18.8 Å². The maximum absolute atomic E-state index is 9.44. The van der Waals surface area contributed by atoms with Crippen LogP contribution < -0.4 is 5.32 Å². The van der Waals surface area contributed by atoms with Crippen molar-refractivity contribution in [3.05, 3.63) is 48.8 Å². The first-order valence-corrected chi connectivity index (χ1v) is 9.60. The number of aliphatic hydroxyl groups excluding tert-OH is 1. The maximum Gasteiger partial charge on any atom is 0.106 e. The number of nitrogens with zero attached hydrogens (tertiary/aromatic N) is 4. The van der Waals surface area contributed by atoms with Crippen molar-refractivity contribution < 1.29 is 10.4 Å². The van der Waals surface area contributed by atoms with E-state index in [9.17, 15) is 5.11 Å². The van der Waals surface area contributed by atoms with Crippen LogP contribution in [0.1, 0.15) is 45.3 Å². The van der Waals surface area contributed by atoms with Crippen LogP contribution in [0, 0.1) is 5.41 Å². The van der Waals surface area contributed by atoms with Crippen molar-refractivity contribution in [3.63, 3.8) is 0 Å². The van der Waals surface area contributed by atoms with E-state index in [1.807, 2.05) is 34.5 Å². The van der Waals surface area contributed by atoms with Gasteiger partial charge in [-0.3, -0.25) is 9.78 Å². The van der Waals surface area contributed by atoms with E-state index >= 15 is 0 Å². The molecule has 1 atom stereocenters. The standard InChI is InChI=1S/C20H29N7O/c1-4-18(5-2)27-14-17(12-25-27)19-7-6-8-23-24-13-20(26-19)16(9-21)11-22-10-15(3)28/h6-9,11-15,18,21-23,28H,4-5,10H2,1-3H3/p+1. The SMILES string of the molecule is CCC(CC)n1cc(-c2ccc[nH]ncc(C(C=N)=C[NH2+]CC(C)O)n2)cn1. The molecule has 2 rings (SSSR count). The molecule has 2 heterocycles. The number of rotatable bonds is 9. The van der Waals surface area contributed by atoms with E-state index < -0.39 is 6.10 Å². The van der Waals surface area contributed by atoms with Crippen molar-refractivity contribution in [2.45, 2.75) is 45.8 Å². The van der Waals surface area contributed by atoms with E-state index in [1.165, 1.54) is 6.21 Å². The molecule has 0 spiro atoms. The van der Waals surface area contributed by atoms with Gasteiger partial charge in [-0.05, 0) is 31.9 Å². The Morgan fingerprint density at radius 1 is 1.36 bits per heavy atom.